The van der Waals surface area contributed by atoms with Crippen LogP contribution in [0.4, 0.5) is 11.4 Å². The summed E-state index contributed by atoms with van der Waals surface area (Å²) >= 11 is 0. The third kappa shape index (κ3) is 4.61. The first kappa shape index (κ1) is 32.1. The van der Waals surface area contributed by atoms with E-state index >= 15 is 0 Å². The van der Waals surface area contributed by atoms with Crippen LogP contribution in [-0.2, 0) is 0 Å². The van der Waals surface area contributed by atoms with E-state index in [1.807, 2.05) is 42.5 Å². The second-order valence-electron chi connectivity index (χ2n) is 14.2. The SMILES string of the molecule is [C-]#[N+]c1ccc2c(c1)c1cc(C#N)ccc1n2-c1c([N+]#[C-])cccc1-c1ccc(-n2c3ccccc3c3c(-n4c5ccccc5c5ccccc54)cccc32)cc1. The Labute approximate surface area is 327 Å². The molecule has 0 bridgehead atoms. The first-order chi connectivity index (χ1) is 28.2. The molecule has 6 heteroatoms. The fraction of sp³-hybridized carbons (Fsp3) is 0. The Morgan fingerprint density at radius 2 is 1.05 bits per heavy atom. The maximum absolute atomic E-state index is 9.76. The molecule has 0 unspecified atom stereocenters. The highest BCUT2D eigenvalue weighted by Crippen LogP contribution is 2.43. The van der Waals surface area contributed by atoms with Gasteiger partial charge in [-0.1, -0.05) is 97.1 Å². The van der Waals surface area contributed by atoms with Crippen LogP contribution in [0, 0.1) is 24.5 Å². The lowest BCUT2D eigenvalue weighted by Gasteiger charge is -2.17. The minimum atomic E-state index is 0.508. The van der Waals surface area contributed by atoms with Gasteiger partial charge < -0.3 is 13.7 Å². The van der Waals surface area contributed by atoms with Gasteiger partial charge in [-0.15, -0.1) is 0 Å². The van der Waals surface area contributed by atoms with Crippen LogP contribution in [0.5, 0.6) is 0 Å². The molecule has 3 aromatic heterocycles. The van der Waals surface area contributed by atoms with Crippen molar-refractivity contribution < 1.29 is 0 Å². The van der Waals surface area contributed by atoms with Gasteiger partial charge >= 0.3 is 0 Å². The van der Waals surface area contributed by atoms with Crippen LogP contribution in [0.2, 0.25) is 0 Å². The van der Waals surface area contributed by atoms with E-state index in [4.69, 9.17) is 13.1 Å². The van der Waals surface area contributed by atoms with Crippen molar-refractivity contribution in [3.63, 3.8) is 0 Å². The molecule has 8 aromatic carbocycles. The molecule has 262 valence electrons. The number of benzene rings is 8. The molecule has 11 aromatic rings. The third-order valence-corrected chi connectivity index (χ3v) is 11.3. The molecule has 0 fully saturated rings. The van der Waals surface area contributed by atoms with E-state index in [0.717, 1.165) is 61.0 Å². The summed E-state index contributed by atoms with van der Waals surface area (Å²) in [5, 5.41) is 16.3. The van der Waals surface area contributed by atoms with E-state index < -0.39 is 0 Å². The zero-order valence-electron chi connectivity index (χ0n) is 30.3. The van der Waals surface area contributed by atoms with Crippen molar-refractivity contribution in [1.82, 2.24) is 13.7 Å². The summed E-state index contributed by atoms with van der Waals surface area (Å²) in [6.07, 6.45) is 0. The summed E-state index contributed by atoms with van der Waals surface area (Å²) in [4.78, 5) is 7.69. The number of nitriles is 1. The molecule has 0 aliphatic rings. The average molecular weight is 725 g/mol. The van der Waals surface area contributed by atoms with Gasteiger partial charge in [0.15, 0.2) is 5.69 Å². The van der Waals surface area contributed by atoms with Crippen LogP contribution >= 0.6 is 0 Å². The number of para-hydroxylation sites is 4. The minimum absolute atomic E-state index is 0.508. The Bertz CT molecular complexity index is 3490. The number of nitrogens with zero attached hydrogens (tertiary/aromatic N) is 6. The number of hydrogen-bond donors (Lipinski definition) is 0. The average Bonchev–Trinajstić information content (AvgIpc) is 3.91. The van der Waals surface area contributed by atoms with Crippen LogP contribution in [0.1, 0.15) is 5.56 Å². The highest BCUT2D eigenvalue weighted by atomic mass is 15.0. The molecule has 0 amide bonds. The summed E-state index contributed by atoms with van der Waals surface area (Å²) in [6, 6.07) is 60.4. The highest BCUT2D eigenvalue weighted by Gasteiger charge is 2.22. The van der Waals surface area contributed by atoms with Gasteiger partial charge in [-0.2, -0.15) is 5.26 Å². The second kappa shape index (κ2) is 12.3. The van der Waals surface area contributed by atoms with E-state index in [1.54, 1.807) is 6.07 Å². The molecule has 0 N–H and O–H groups in total. The maximum atomic E-state index is 9.76. The molecule has 0 saturated heterocycles. The zero-order valence-corrected chi connectivity index (χ0v) is 30.3. The molecule has 0 atom stereocenters. The van der Waals surface area contributed by atoms with E-state index in [-0.39, 0.29) is 0 Å². The smallest absolute Gasteiger partial charge is 0.211 e. The molecule has 6 nitrogen and oxygen atoms in total. The number of fused-ring (bicyclic) bond motifs is 9. The molecule has 0 aliphatic heterocycles. The van der Waals surface area contributed by atoms with Crippen LogP contribution in [0.15, 0.2) is 170 Å². The number of rotatable bonds is 4. The Kier molecular flexibility index (Phi) is 6.95. The lowest BCUT2D eigenvalue weighted by Crippen LogP contribution is -1.99. The lowest BCUT2D eigenvalue weighted by molar-refractivity contribution is 1.17. The predicted octanol–water partition coefficient (Wildman–Crippen LogP) is 13.6. The minimum Gasteiger partial charge on any atom is -0.318 e. The van der Waals surface area contributed by atoms with E-state index in [2.05, 4.69) is 151 Å². The van der Waals surface area contributed by atoms with Crippen molar-refractivity contribution in [2.75, 3.05) is 0 Å². The van der Waals surface area contributed by atoms with Crippen molar-refractivity contribution in [3.05, 3.63) is 198 Å². The predicted molar refractivity (Wildman–Crippen MR) is 232 cm³/mol. The molecule has 0 saturated carbocycles. The fourth-order valence-corrected chi connectivity index (χ4v) is 8.92. The molecule has 3 heterocycles. The molecular weight excluding hydrogens is 697 g/mol. The highest BCUT2D eigenvalue weighted by molar-refractivity contribution is 6.17. The summed E-state index contributed by atoms with van der Waals surface area (Å²) in [6.45, 7) is 15.9. The molecule has 57 heavy (non-hydrogen) atoms. The van der Waals surface area contributed by atoms with Gasteiger partial charge in [0.2, 0.25) is 5.69 Å². The zero-order chi connectivity index (χ0) is 38.2. The van der Waals surface area contributed by atoms with Crippen LogP contribution in [-0.4, -0.2) is 13.7 Å². The van der Waals surface area contributed by atoms with E-state index in [1.165, 1.54) is 32.6 Å². The van der Waals surface area contributed by atoms with Gasteiger partial charge in [0, 0.05) is 32.6 Å². The fourth-order valence-electron chi connectivity index (χ4n) is 8.92. The van der Waals surface area contributed by atoms with Crippen molar-refractivity contribution in [1.29, 1.82) is 5.26 Å². The monoisotopic (exact) mass is 724 g/mol. The van der Waals surface area contributed by atoms with Gasteiger partial charge in [-0.3, -0.25) is 0 Å². The van der Waals surface area contributed by atoms with Crippen molar-refractivity contribution in [3.8, 4) is 34.3 Å². The van der Waals surface area contributed by atoms with Crippen molar-refractivity contribution in [2.45, 2.75) is 0 Å². The standard InChI is InChI=1S/C51H28N6/c1-53-34-24-28-47-41(30-34)40-29-32(31-52)21-27-46(40)57(47)51-36(14-9-15-42(51)54-2)33-22-25-35(26-23-33)55-45-18-8-5-13-39(45)50-48(55)19-10-20-49(50)56-43-16-6-3-11-37(43)38-12-4-7-17-44(38)56/h3-30H. The third-order valence-electron chi connectivity index (χ3n) is 11.3. The summed E-state index contributed by atoms with van der Waals surface area (Å²) in [5.74, 6) is 0. The largest absolute Gasteiger partial charge is 0.318 e. The first-order valence-corrected chi connectivity index (χ1v) is 18.6. The number of aromatic nitrogens is 3. The molecule has 0 radical (unpaired) electrons. The van der Waals surface area contributed by atoms with Gasteiger partial charge in [0.05, 0.1) is 69.3 Å². The maximum Gasteiger partial charge on any atom is 0.211 e. The normalized spacial score (nSPS) is 11.5. The van der Waals surface area contributed by atoms with Crippen LogP contribution in [0.25, 0.3) is 103 Å². The Morgan fingerprint density at radius 3 is 1.74 bits per heavy atom. The first-order valence-electron chi connectivity index (χ1n) is 18.6. The van der Waals surface area contributed by atoms with Crippen molar-refractivity contribution in [2.24, 2.45) is 0 Å². The lowest BCUT2D eigenvalue weighted by atomic mass is 10.0. The van der Waals surface area contributed by atoms with Crippen molar-refractivity contribution >= 4 is 76.8 Å². The second-order valence-corrected chi connectivity index (χ2v) is 14.2. The molecule has 0 aliphatic carbocycles. The summed E-state index contributed by atoms with van der Waals surface area (Å²) in [7, 11) is 0. The molecule has 0 spiro atoms. The van der Waals surface area contributed by atoms with Gasteiger partial charge in [-0.05, 0) is 89.3 Å². The summed E-state index contributed by atoms with van der Waals surface area (Å²) < 4.78 is 6.85. The molecular formula is C51H28N6. The van der Waals surface area contributed by atoms with Crippen LogP contribution < -0.4 is 0 Å². The van der Waals surface area contributed by atoms with Gasteiger partial charge in [0.1, 0.15) is 0 Å². The quantitative estimate of drug-likeness (QED) is 0.167. The number of hydrogen-bond acceptors (Lipinski definition) is 1. The summed E-state index contributed by atoms with van der Waals surface area (Å²) in [5.41, 5.74) is 12.7. The molecule has 11 rings (SSSR count). The Morgan fingerprint density at radius 1 is 0.456 bits per heavy atom. The van der Waals surface area contributed by atoms with Crippen LogP contribution in [0.3, 0.4) is 0 Å². The Hall–Kier alpha value is -8.37. The van der Waals surface area contributed by atoms with Gasteiger partial charge in [-0.25, -0.2) is 9.69 Å². The van der Waals surface area contributed by atoms with E-state index in [0.29, 0.717) is 16.9 Å². The van der Waals surface area contributed by atoms with E-state index in [9.17, 15) is 5.26 Å². The topological polar surface area (TPSA) is 47.3 Å². The Balaban J connectivity index is 1.12. The van der Waals surface area contributed by atoms with Gasteiger partial charge in [0.25, 0.3) is 0 Å².